The number of carbonyl (C=O) groups excluding carboxylic acids is 1. The van der Waals surface area contributed by atoms with Gasteiger partial charge in [0.05, 0.1) is 12.6 Å². The van der Waals surface area contributed by atoms with Gasteiger partial charge in [-0.05, 0) is 19.3 Å². The van der Waals surface area contributed by atoms with E-state index < -0.39 is 24.5 Å². The van der Waals surface area contributed by atoms with E-state index in [4.69, 9.17) is 5.11 Å². The summed E-state index contributed by atoms with van der Waals surface area (Å²) < 4.78 is 26.1. The first kappa shape index (κ1) is 12.1. The van der Waals surface area contributed by atoms with Crippen LogP contribution >= 0.6 is 0 Å². The van der Waals surface area contributed by atoms with Gasteiger partial charge in [-0.25, -0.2) is 9.59 Å². The summed E-state index contributed by atoms with van der Waals surface area (Å²) >= 11 is 0. The predicted molar refractivity (Wildman–Crippen MR) is 53.9 cm³/mol. The van der Waals surface area contributed by atoms with E-state index >= 15 is 0 Å². The molecule has 7 heteroatoms. The second-order valence-electron chi connectivity index (χ2n) is 4.52. The lowest BCUT2D eigenvalue weighted by Crippen LogP contribution is -2.44. The molecule has 2 fully saturated rings. The molecule has 0 radical (unpaired) electrons. The lowest BCUT2D eigenvalue weighted by Gasteiger charge is -2.27. The SMILES string of the molecule is O=C1N(CC(F)(F)C(=O)O)C[C@@H]2CCCCN12. The maximum Gasteiger partial charge on any atom is 0.376 e. The highest BCUT2D eigenvalue weighted by atomic mass is 19.3. The number of aliphatic carboxylic acids is 1. The molecule has 2 aliphatic rings. The zero-order valence-electron chi connectivity index (χ0n) is 9.23. The van der Waals surface area contributed by atoms with Crippen molar-refractivity contribution in [2.75, 3.05) is 19.6 Å². The fourth-order valence-electron chi connectivity index (χ4n) is 2.40. The van der Waals surface area contributed by atoms with Crippen LogP contribution in [-0.2, 0) is 4.79 Å². The summed E-state index contributed by atoms with van der Waals surface area (Å²) in [6.07, 6.45) is 2.67. The first-order chi connectivity index (χ1) is 7.92. The van der Waals surface area contributed by atoms with Gasteiger partial charge in [-0.1, -0.05) is 0 Å². The highest BCUT2D eigenvalue weighted by molar-refractivity contribution is 5.80. The van der Waals surface area contributed by atoms with Crippen molar-refractivity contribution in [3.63, 3.8) is 0 Å². The quantitative estimate of drug-likeness (QED) is 0.810. The van der Waals surface area contributed by atoms with Crippen molar-refractivity contribution in [2.24, 2.45) is 0 Å². The molecule has 2 saturated heterocycles. The van der Waals surface area contributed by atoms with E-state index in [2.05, 4.69) is 0 Å². The van der Waals surface area contributed by atoms with Crippen molar-refractivity contribution in [1.82, 2.24) is 9.80 Å². The van der Waals surface area contributed by atoms with Gasteiger partial charge in [0.15, 0.2) is 0 Å². The molecule has 0 spiro atoms. The zero-order valence-corrected chi connectivity index (χ0v) is 9.23. The van der Waals surface area contributed by atoms with Gasteiger partial charge >= 0.3 is 17.9 Å². The number of amides is 2. The number of carbonyl (C=O) groups is 2. The fourth-order valence-corrected chi connectivity index (χ4v) is 2.40. The number of rotatable bonds is 3. The average molecular weight is 248 g/mol. The van der Waals surface area contributed by atoms with Crippen LogP contribution in [0.2, 0.25) is 0 Å². The van der Waals surface area contributed by atoms with E-state index in [0.717, 1.165) is 24.2 Å². The number of fused-ring (bicyclic) bond motifs is 1. The lowest BCUT2D eigenvalue weighted by molar-refractivity contribution is -0.166. The van der Waals surface area contributed by atoms with Crippen LogP contribution in [0, 0.1) is 0 Å². The van der Waals surface area contributed by atoms with Gasteiger partial charge in [-0.2, -0.15) is 8.78 Å². The molecule has 0 aliphatic carbocycles. The molecule has 0 bridgehead atoms. The molecule has 0 aromatic carbocycles. The summed E-state index contributed by atoms with van der Waals surface area (Å²) in [7, 11) is 0. The van der Waals surface area contributed by atoms with E-state index in [1.807, 2.05) is 0 Å². The average Bonchev–Trinajstić information content (AvgIpc) is 2.56. The number of urea groups is 1. The summed E-state index contributed by atoms with van der Waals surface area (Å²) in [6.45, 7) is -0.242. The number of halogens is 2. The molecule has 2 aliphatic heterocycles. The molecule has 5 nitrogen and oxygen atoms in total. The minimum atomic E-state index is -3.87. The zero-order chi connectivity index (χ0) is 12.6. The smallest absolute Gasteiger partial charge is 0.376 e. The molecule has 0 aromatic rings. The Morgan fingerprint density at radius 1 is 1.47 bits per heavy atom. The molecule has 96 valence electrons. The Balaban J connectivity index is 2.04. The van der Waals surface area contributed by atoms with E-state index in [-0.39, 0.29) is 12.6 Å². The summed E-state index contributed by atoms with van der Waals surface area (Å²) in [5, 5.41) is 8.34. The number of hydrogen-bond acceptors (Lipinski definition) is 2. The third-order valence-electron chi connectivity index (χ3n) is 3.28. The molecule has 2 heterocycles. The second kappa shape index (κ2) is 4.12. The molecular weight excluding hydrogens is 234 g/mol. The molecule has 1 atom stereocenters. The highest BCUT2D eigenvalue weighted by Crippen LogP contribution is 2.27. The van der Waals surface area contributed by atoms with Gasteiger partial charge in [0, 0.05) is 13.1 Å². The van der Waals surface area contributed by atoms with Crippen molar-refractivity contribution < 1.29 is 23.5 Å². The number of nitrogens with zero attached hydrogens (tertiary/aromatic N) is 2. The van der Waals surface area contributed by atoms with Crippen LogP contribution in [0.25, 0.3) is 0 Å². The summed E-state index contributed by atoms with van der Waals surface area (Å²) in [5.41, 5.74) is 0. The van der Waals surface area contributed by atoms with Crippen molar-refractivity contribution >= 4 is 12.0 Å². The van der Waals surface area contributed by atoms with Crippen LogP contribution < -0.4 is 0 Å². The van der Waals surface area contributed by atoms with Gasteiger partial charge < -0.3 is 14.9 Å². The number of carboxylic acid groups (broad SMARTS) is 1. The van der Waals surface area contributed by atoms with Gasteiger partial charge in [0.1, 0.15) is 0 Å². The van der Waals surface area contributed by atoms with Crippen molar-refractivity contribution in [1.29, 1.82) is 0 Å². The summed E-state index contributed by atoms with van der Waals surface area (Å²) in [5.74, 6) is -6.06. The molecule has 1 N–H and O–H groups in total. The monoisotopic (exact) mass is 248 g/mol. The van der Waals surface area contributed by atoms with Crippen LogP contribution in [0.3, 0.4) is 0 Å². The number of piperidine rings is 1. The van der Waals surface area contributed by atoms with Crippen LogP contribution in [0.1, 0.15) is 19.3 Å². The van der Waals surface area contributed by atoms with E-state index in [9.17, 15) is 18.4 Å². The normalized spacial score (nSPS) is 25.1. The molecule has 0 unspecified atom stereocenters. The van der Waals surface area contributed by atoms with Gasteiger partial charge in [0.25, 0.3) is 0 Å². The largest absolute Gasteiger partial charge is 0.477 e. The van der Waals surface area contributed by atoms with Crippen LogP contribution in [0.15, 0.2) is 0 Å². The fraction of sp³-hybridized carbons (Fsp3) is 0.800. The molecular formula is C10H14F2N2O3. The third-order valence-corrected chi connectivity index (χ3v) is 3.28. The Labute approximate surface area is 97.0 Å². The van der Waals surface area contributed by atoms with Gasteiger partial charge in [-0.15, -0.1) is 0 Å². The predicted octanol–water partition coefficient (Wildman–Crippen LogP) is 0.996. The molecule has 17 heavy (non-hydrogen) atoms. The topological polar surface area (TPSA) is 60.9 Å². The van der Waals surface area contributed by atoms with Crippen LogP contribution in [0.4, 0.5) is 13.6 Å². The molecule has 2 amide bonds. The third kappa shape index (κ3) is 2.18. The summed E-state index contributed by atoms with van der Waals surface area (Å²) in [6, 6.07) is -0.489. The summed E-state index contributed by atoms with van der Waals surface area (Å²) in [4.78, 5) is 24.6. The minimum Gasteiger partial charge on any atom is -0.477 e. The minimum absolute atomic E-state index is 0.0270. The standard InChI is InChI=1S/C10H14F2N2O3/c11-10(12,8(15)16)6-13-5-7-3-1-2-4-14(7)9(13)17/h7H,1-6H2,(H,15,16)/t7-/m0/s1. The Kier molecular flexibility index (Phi) is 2.92. The Morgan fingerprint density at radius 2 is 2.18 bits per heavy atom. The maximum absolute atomic E-state index is 13.0. The van der Waals surface area contributed by atoms with Gasteiger partial charge in [0.2, 0.25) is 0 Å². The van der Waals surface area contributed by atoms with Crippen LogP contribution in [0.5, 0.6) is 0 Å². The number of carboxylic acids is 1. The first-order valence-electron chi connectivity index (χ1n) is 5.58. The molecule has 2 rings (SSSR count). The number of hydrogen-bond donors (Lipinski definition) is 1. The van der Waals surface area contributed by atoms with Crippen molar-refractivity contribution in [2.45, 2.75) is 31.2 Å². The Morgan fingerprint density at radius 3 is 2.76 bits per heavy atom. The van der Waals surface area contributed by atoms with E-state index in [0.29, 0.717) is 6.54 Å². The highest BCUT2D eigenvalue weighted by Gasteiger charge is 2.47. The van der Waals surface area contributed by atoms with E-state index in [1.165, 1.54) is 0 Å². The first-order valence-corrected chi connectivity index (χ1v) is 5.58. The second-order valence-corrected chi connectivity index (χ2v) is 4.52. The van der Waals surface area contributed by atoms with Crippen molar-refractivity contribution in [3.05, 3.63) is 0 Å². The molecule has 0 aromatic heterocycles. The lowest BCUT2D eigenvalue weighted by atomic mass is 10.0. The van der Waals surface area contributed by atoms with Gasteiger partial charge in [-0.3, -0.25) is 0 Å². The number of alkyl halides is 2. The Bertz CT molecular complexity index is 348. The van der Waals surface area contributed by atoms with Crippen molar-refractivity contribution in [3.8, 4) is 0 Å². The van der Waals surface area contributed by atoms with E-state index in [1.54, 1.807) is 4.90 Å². The molecule has 0 saturated carbocycles. The van der Waals surface area contributed by atoms with Crippen LogP contribution in [-0.4, -0.2) is 58.5 Å². The maximum atomic E-state index is 13.0. The Hall–Kier alpha value is -1.40.